The lowest BCUT2D eigenvalue weighted by atomic mass is 10.2. The fraction of sp³-hybridized carbons (Fsp3) is 0.333. The summed E-state index contributed by atoms with van der Waals surface area (Å²) in [5, 5.41) is 0. The Hall–Kier alpha value is -2.34. The van der Waals surface area contributed by atoms with Gasteiger partial charge < -0.3 is 14.2 Å². The second kappa shape index (κ2) is 7.82. The van der Waals surface area contributed by atoms with E-state index in [1.54, 1.807) is 18.2 Å². The fourth-order valence-corrected chi connectivity index (χ4v) is 5.56. The number of anilines is 1. The van der Waals surface area contributed by atoms with Gasteiger partial charge in [-0.25, -0.2) is 16.8 Å². The highest BCUT2D eigenvalue weighted by Crippen LogP contribution is 2.38. The fourth-order valence-electron chi connectivity index (χ4n) is 3.08. The molecule has 9 nitrogen and oxygen atoms in total. The number of hydrogen-bond acceptors (Lipinski definition) is 7. The lowest BCUT2D eigenvalue weighted by molar-refractivity contribution is 0.0730. The van der Waals surface area contributed by atoms with Gasteiger partial charge in [0.05, 0.1) is 28.7 Å². The van der Waals surface area contributed by atoms with Gasteiger partial charge in [-0.05, 0) is 36.4 Å². The minimum atomic E-state index is -3.95. The monoisotopic (exact) mass is 440 g/mol. The summed E-state index contributed by atoms with van der Waals surface area (Å²) in [4.78, 5) is -0.0278. The molecule has 4 rings (SSSR count). The van der Waals surface area contributed by atoms with Crippen LogP contribution in [0.25, 0.3) is 0 Å². The Kier molecular flexibility index (Phi) is 5.38. The Morgan fingerprint density at radius 1 is 0.793 bits per heavy atom. The highest BCUT2D eigenvalue weighted by molar-refractivity contribution is 7.92. The van der Waals surface area contributed by atoms with Crippen LogP contribution in [0.4, 0.5) is 5.69 Å². The van der Waals surface area contributed by atoms with Crippen LogP contribution in [0.5, 0.6) is 11.5 Å². The molecule has 0 amide bonds. The molecule has 0 spiro atoms. The average molecular weight is 440 g/mol. The zero-order valence-corrected chi connectivity index (χ0v) is 17.0. The first-order valence-corrected chi connectivity index (χ1v) is 11.9. The van der Waals surface area contributed by atoms with Gasteiger partial charge in [-0.1, -0.05) is 6.07 Å². The molecule has 29 heavy (non-hydrogen) atoms. The van der Waals surface area contributed by atoms with Crippen LogP contribution in [-0.2, 0) is 24.8 Å². The molecule has 2 aliphatic rings. The van der Waals surface area contributed by atoms with Crippen LogP contribution in [0.2, 0.25) is 0 Å². The molecule has 0 aliphatic carbocycles. The van der Waals surface area contributed by atoms with Gasteiger partial charge in [-0.3, -0.25) is 4.72 Å². The van der Waals surface area contributed by atoms with Crippen molar-refractivity contribution in [3.63, 3.8) is 0 Å². The highest BCUT2D eigenvalue weighted by Gasteiger charge is 2.27. The Morgan fingerprint density at radius 3 is 2.17 bits per heavy atom. The number of rotatable bonds is 5. The van der Waals surface area contributed by atoms with Crippen molar-refractivity contribution >= 4 is 25.7 Å². The number of morpholine rings is 1. The van der Waals surface area contributed by atoms with E-state index in [2.05, 4.69) is 4.72 Å². The van der Waals surface area contributed by atoms with Crippen molar-refractivity contribution in [1.82, 2.24) is 4.31 Å². The van der Waals surface area contributed by atoms with Gasteiger partial charge in [0.1, 0.15) is 13.2 Å². The third-order valence-electron chi connectivity index (χ3n) is 4.55. The molecule has 1 fully saturated rings. The number of nitrogens with zero attached hydrogens (tertiary/aromatic N) is 1. The Labute approximate surface area is 169 Å². The Balaban J connectivity index is 1.57. The standard InChI is InChI=1S/C18H20N2O7S2/c21-28(22,19-16-2-1-3-17-18(16)27-13-12-26-17)14-4-6-15(7-5-14)29(23,24)20-8-10-25-11-9-20/h1-7,19H,8-13H2. The van der Waals surface area contributed by atoms with Gasteiger partial charge in [-0.15, -0.1) is 0 Å². The maximum atomic E-state index is 12.8. The number of sulfonamides is 2. The van der Waals surface area contributed by atoms with Crippen molar-refractivity contribution in [2.75, 3.05) is 44.2 Å². The predicted molar refractivity (Wildman–Crippen MR) is 104 cm³/mol. The number of benzene rings is 2. The zero-order valence-electron chi connectivity index (χ0n) is 15.4. The molecule has 11 heteroatoms. The molecule has 0 saturated carbocycles. The van der Waals surface area contributed by atoms with Crippen LogP contribution in [0, 0.1) is 0 Å². The molecule has 2 aromatic rings. The van der Waals surface area contributed by atoms with Gasteiger partial charge in [0.25, 0.3) is 10.0 Å². The van der Waals surface area contributed by atoms with Crippen molar-refractivity contribution < 1.29 is 31.0 Å². The van der Waals surface area contributed by atoms with E-state index in [-0.39, 0.29) is 28.6 Å². The molecular weight excluding hydrogens is 420 g/mol. The Bertz CT molecular complexity index is 1090. The van der Waals surface area contributed by atoms with Gasteiger partial charge in [0.2, 0.25) is 10.0 Å². The van der Waals surface area contributed by atoms with Crippen LogP contribution < -0.4 is 14.2 Å². The number of ether oxygens (including phenoxy) is 3. The Morgan fingerprint density at radius 2 is 1.45 bits per heavy atom. The lowest BCUT2D eigenvalue weighted by Crippen LogP contribution is -2.40. The first-order valence-electron chi connectivity index (χ1n) is 8.97. The maximum Gasteiger partial charge on any atom is 0.262 e. The summed E-state index contributed by atoms with van der Waals surface area (Å²) in [7, 11) is -7.64. The van der Waals surface area contributed by atoms with Crippen molar-refractivity contribution in [2.45, 2.75) is 9.79 Å². The summed E-state index contributed by atoms with van der Waals surface area (Å²) in [5.41, 5.74) is 0.257. The molecule has 0 aromatic heterocycles. The lowest BCUT2D eigenvalue weighted by Gasteiger charge is -2.26. The normalized spacial score (nSPS) is 17.7. The topological polar surface area (TPSA) is 111 Å². The van der Waals surface area contributed by atoms with Crippen molar-refractivity contribution in [2.24, 2.45) is 0 Å². The molecule has 1 N–H and O–H groups in total. The second-order valence-electron chi connectivity index (χ2n) is 6.42. The highest BCUT2D eigenvalue weighted by atomic mass is 32.2. The third kappa shape index (κ3) is 4.04. The molecule has 2 heterocycles. The van der Waals surface area contributed by atoms with E-state index in [0.29, 0.717) is 37.9 Å². The number of nitrogens with one attached hydrogen (secondary N) is 1. The maximum absolute atomic E-state index is 12.8. The van der Waals surface area contributed by atoms with Crippen molar-refractivity contribution in [1.29, 1.82) is 0 Å². The predicted octanol–water partition coefficient (Wildman–Crippen LogP) is 1.28. The largest absolute Gasteiger partial charge is 0.486 e. The summed E-state index contributed by atoms with van der Waals surface area (Å²) in [6.07, 6.45) is 0. The zero-order chi connectivity index (χ0) is 20.5. The van der Waals surface area contributed by atoms with Gasteiger partial charge in [-0.2, -0.15) is 4.31 Å². The molecule has 1 saturated heterocycles. The number of fused-ring (bicyclic) bond motifs is 1. The van der Waals surface area contributed by atoms with Gasteiger partial charge >= 0.3 is 0 Å². The van der Waals surface area contributed by atoms with E-state index in [1.807, 2.05) is 0 Å². The molecule has 2 aliphatic heterocycles. The molecule has 0 unspecified atom stereocenters. The minimum Gasteiger partial charge on any atom is -0.486 e. The number of para-hydroxylation sites is 1. The first kappa shape index (κ1) is 20.0. The van der Waals surface area contributed by atoms with Crippen molar-refractivity contribution in [3.05, 3.63) is 42.5 Å². The molecule has 0 radical (unpaired) electrons. The molecule has 2 aromatic carbocycles. The van der Waals surface area contributed by atoms with E-state index in [0.717, 1.165) is 0 Å². The third-order valence-corrected chi connectivity index (χ3v) is 7.85. The molecule has 0 atom stereocenters. The first-order chi connectivity index (χ1) is 13.9. The SMILES string of the molecule is O=S(=O)(Nc1cccc2c1OCCO2)c1ccc(S(=O)(=O)N2CCOCC2)cc1. The van der Waals surface area contributed by atoms with E-state index in [1.165, 1.54) is 28.6 Å². The van der Waals surface area contributed by atoms with E-state index < -0.39 is 20.0 Å². The van der Waals surface area contributed by atoms with Crippen molar-refractivity contribution in [3.8, 4) is 11.5 Å². The van der Waals surface area contributed by atoms with Crippen LogP contribution in [0.1, 0.15) is 0 Å². The summed E-state index contributed by atoms with van der Waals surface area (Å²) < 4.78 is 70.8. The molecule has 0 bridgehead atoms. The van der Waals surface area contributed by atoms with Crippen LogP contribution in [-0.4, -0.2) is 60.7 Å². The van der Waals surface area contributed by atoms with Gasteiger partial charge in [0.15, 0.2) is 11.5 Å². The van der Waals surface area contributed by atoms with E-state index in [9.17, 15) is 16.8 Å². The molecular formula is C18H20N2O7S2. The number of hydrogen-bond donors (Lipinski definition) is 1. The van der Waals surface area contributed by atoms with Crippen LogP contribution in [0.15, 0.2) is 52.3 Å². The van der Waals surface area contributed by atoms with Crippen LogP contribution >= 0.6 is 0 Å². The average Bonchev–Trinajstić information content (AvgIpc) is 2.74. The van der Waals surface area contributed by atoms with Gasteiger partial charge in [0, 0.05) is 13.1 Å². The summed E-state index contributed by atoms with van der Waals surface area (Å²) in [6, 6.07) is 10.0. The van der Waals surface area contributed by atoms with E-state index >= 15 is 0 Å². The van der Waals surface area contributed by atoms with Crippen LogP contribution in [0.3, 0.4) is 0 Å². The summed E-state index contributed by atoms with van der Waals surface area (Å²) >= 11 is 0. The minimum absolute atomic E-state index is 0.0344. The van der Waals surface area contributed by atoms with E-state index in [4.69, 9.17) is 14.2 Å². The molecule has 156 valence electrons. The summed E-state index contributed by atoms with van der Waals surface area (Å²) in [6.45, 7) is 1.92. The quantitative estimate of drug-likeness (QED) is 0.745. The second-order valence-corrected chi connectivity index (χ2v) is 10.0. The smallest absolute Gasteiger partial charge is 0.262 e. The summed E-state index contributed by atoms with van der Waals surface area (Å²) in [5.74, 6) is 0.789.